The first-order valence-electron chi connectivity index (χ1n) is 12.1. The van der Waals surface area contributed by atoms with Crippen LogP contribution in [0.4, 0.5) is 4.39 Å². The van der Waals surface area contributed by atoms with Crippen molar-refractivity contribution in [3.63, 3.8) is 0 Å². The second-order valence-corrected chi connectivity index (χ2v) is 8.30. The zero-order chi connectivity index (χ0) is 23.3. The van der Waals surface area contributed by atoms with Gasteiger partial charge in [-0.1, -0.05) is 58.1 Å². The minimum Gasteiger partial charge on any atom is -0.494 e. The summed E-state index contributed by atoms with van der Waals surface area (Å²) < 4.78 is 25.1. The first-order chi connectivity index (χ1) is 16.2. The summed E-state index contributed by atoms with van der Waals surface area (Å²) in [6, 6.07) is 15.5. The maximum Gasteiger partial charge on any atom is 0.159 e. The van der Waals surface area contributed by atoms with Gasteiger partial charge in [0, 0.05) is 23.5 Å². The van der Waals surface area contributed by atoms with Crippen LogP contribution in [-0.2, 0) is 0 Å². The van der Waals surface area contributed by atoms with E-state index in [0.29, 0.717) is 18.0 Å². The lowest BCUT2D eigenvalue weighted by Gasteiger charge is -2.10. The van der Waals surface area contributed by atoms with Gasteiger partial charge in [0.1, 0.15) is 24.3 Å². The van der Waals surface area contributed by atoms with Crippen LogP contribution in [0, 0.1) is 0 Å². The summed E-state index contributed by atoms with van der Waals surface area (Å²) in [7, 11) is 0. The zero-order valence-electron chi connectivity index (χ0n) is 19.8. The van der Waals surface area contributed by atoms with E-state index in [1.807, 2.05) is 60.9 Å². The van der Waals surface area contributed by atoms with Gasteiger partial charge in [-0.15, -0.1) is 0 Å². The zero-order valence-corrected chi connectivity index (χ0v) is 19.8. The summed E-state index contributed by atoms with van der Waals surface area (Å²) in [4.78, 5) is 9.04. The molecule has 0 aliphatic heterocycles. The number of hydrogen-bond acceptors (Lipinski definition) is 4. The molecule has 0 N–H and O–H groups in total. The van der Waals surface area contributed by atoms with E-state index < -0.39 is 6.17 Å². The van der Waals surface area contributed by atoms with Crippen LogP contribution >= 0.6 is 0 Å². The second kappa shape index (κ2) is 13.6. The van der Waals surface area contributed by atoms with Crippen LogP contribution in [0.3, 0.4) is 0 Å². The van der Waals surface area contributed by atoms with Gasteiger partial charge in [0.15, 0.2) is 5.82 Å². The van der Waals surface area contributed by atoms with Crippen molar-refractivity contribution in [3.8, 4) is 34.0 Å². The van der Waals surface area contributed by atoms with Crippen LogP contribution in [0.15, 0.2) is 60.9 Å². The van der Waals surface area contributed by atoms with Crippen LogP contribution in [0.1, 0.15) is 58.8 Å². The van der Waals surface area contributed by atoms with Crippen molar-refractivity contribution in [2.75, 3.05) is 13.2 Å². The Morgan fingerprint density at radius 2 is 1.30 bits per heavy atom. The molecule has 1 aromatic heterocycles. The average molecular weight is 451 g/mol. The van der Waals surface area contributed by atoms with Crippen molar-refractivity contribution in [1.82, 2.24) is 9.97 Å². The number of alkyl halides is 1. The van der Waals surface area contributed by atoms with Crippen molar-refractivity contribution in [3.05, 3.63) is 60.9 Å². The number of halogens is 1. The Hall–Kier alpha value is -2.95. The lowest BCUT2D eigenvalue weighted by atomic mass is 10.1. The van der Waals surface area contributed by atoms with E-state index in [-0.39, 0.29) is 6.61 Å². The number of aromatic nitrogens is 2. The number of benzene rings is 2. The third-order valence-electron chi connectivity index (χ3n) is 5.52. The Morgan fingerprint density at radius 1 is 0.697 bits per heavy atom. The molecule has 176 valence electrons. The summed E-state index contributed by atoms with van der Waals surface area (Å²) in [5.41, 5.74) is 2.89. The van der Waals surface area contributed by atoms with Crippen molar-refractivity contribution in [2.24, 2.45) is 0 Å². The van der Waals surface area contributed by atoms with E-state index in [1.54, 1.807) is 0 Å². The molecule has 0 radical (unpaired) electrons. The van der Waals surface area contributed by atoms with Crippen molar-refractivity contribution < 1.29 is 13.9 Å². The minimum atomic E-state index is -0.924. The van der Waals surface area contributed by atoms with Crippen molar-refractivity contribution in [2.45, 2.75) is 65.0 Å². The standard InChI is InChI=1S/C28H35FN2O2/c1-3-5-7-8-18-32-26-14-10-22(11-15-26)24-19-30-28(31-20-24)23-12-16-27(17-13-23)33-21-25(29)9-6-4-2/h10-17,19-20,25H,3-9,18,21H2,1-2H3. The Labute approximate surface area is 197 Å². The molecule has 0 spiro atoms. The topological polar surface area (TPSA) is 44.2 Å². The van der Waals surface area contributed by atoms with Crippen LogP contribution in [-0.4, -0.2) is 29.4 Å². The molecule has 3 rings (SSSR count). The van der Waals surface area contributed by atoms with Gasteiger partial charge in [0.2, 0.25) is 0 Å². The molecule has 1 atom stereocenters. The highest BCUT2D eigenvalue weighted by atomic mass is 19.1. The molecule has 4 nitrogen and oxygen atoms in total. The molecule has 0 fully saturated rings. The van der Waals surface area contributed by atoms with Gasteiger partial charge in [-0.25, -0.2) is 14.4 Å². The highest BCUT2D eigenvalue weighted by Gasteiger charge is 2.08. The number of unbranched alkanes of at least 4 members (excludes halogenated alkanes) is 4. The predicted molar refractivity (Wildman–Crippen MR) is 132 cm³/mol. The van der Waals surface area contributed by atoms with E-state index in [2.05, 4.69) is 23.8 Å². The third-order valence-corrected chi connectivity index (χ3v) is 5.52. The van der Waals surface area contributed by atoms with Crippen molar-refractivity contribution in [1.29, 1.82) is 0 Å². The molecule has 5 heteroatoms. The first-order valence-corrected chi connectivity index (χ1v) is 12.1. The molecule has 0 aliphatic carbocycles. The quantitative estimate of drug-likeness (QED) is 0.236. The molecule has 1 heterocycles. The lowest BCUT2D eigenvalue weighted by Crippen LogP contribution is -2.12. The molecule has 3 aromatic rings. The Balaban J connectivity index is 1.52. The fourth-order valence-electron chi connectivity index (χ4n) is 3.48. The molecular weight excluding hydrogens is 415 g/mol. The van der Waals surface area contributed by atoms with Gasteiger partial charge in [-0.2, -0.15) is 0 Å². The van der Waals surface area contributed by atoms with Gasteiger partial charge < -0.3 is 9.47 Å². The summed E-state index contributed by atoms with van der Waals surface area (Å²) in [5.74, 6) is 2.19. The normalized spacial score (nSPS) is 11.8. The van der Waals surface area contributed by atoms with Crippen LogP contribution in [0.5, 0.6) is 11.5 Å². The fourth-order valence-corrected chi connectivity index (χ4v) is 3.48. The molecular formula is C28H35FN2O2. The van der Waals surface area contributed by atoms with Gasteiger partial charge in [0.25, 0.3) is 0 Å². The maximum atomic E-state index is 13.8. The highest BCUT2D eigenvalue weighted by molar-refractivity contribution is 5.64. The molecule has 0 amide bonds. The average Bonchev–Trinajstić information content (AvgIpc) is 2.87. The van der Waals surface area contributed by atoms with Gasteiger partial charge >= 0.3 is 0 Å². The predicted octanol–water partition coefficient (Wildman–Crippen LogP) is 7.68. The number of rotatable bonds is 14. The van der Waals surface area contributed by atoms with Crippen LogP contribution in [0.2, 0.25) is 0 Å². The maximum absolute atomic E-state index is 13.8. The molecule has 0 saturated carbocycles. The van der Waals surface area contributed by atoms with Gasteiger partial charge in [0.05, 0.1) is 6.61 Å². The van der Waals surface area contributed by atoms with Crippen molar-refractivity contribution >= 4 is 0 Å². The highest BCUT2D eigenvalue weighted by Crippen LogP contribution is 2.24. The molecule has 2 aromatic carbocycles. The number of hydrogen-bond donors (Lipinski definition) is 0. The first kappa shape index (κ1) is 24.7. The second-order valence-electron chi connectivity index (χ2n) is 8.30. The van der Waals surface area contributed by atoms with Gasteiger partial charge in [-0.3, -0.25) is 0 Å². The fraction of sp³-hybridized carbons (Fsp3) is 0.429. The Kier molecular flexibility index (Phi) is 10.1. The monoisotopic (exact) mass is 450 g/mol. The van der Waals surface area contributed by atoms with E-state index in [4.69, 9.17) is 9.47 Å². The summed E-state index contributed by atoms with van der Waals surface area (Å²) in [5, 5.41) is 0. The number of ether oxygens (including phenoxy) is 2. The molecule has 0 saturated heterocycles. The summed E-state index contributed by atoms with van der Waals surface area (Å²) >= 11 is 0. The van der Waals surface area contributed by atoms with Crippen LogP contribution < -0.4 is 9.47 Å². The molecule has 33 heavy (non-hydrogen) atoms. The van der Waals surface area contributed by atoms with E-state index in [0.717, 1.165) is 48.3 Å². The summed E-state index contributed by atoms with van der Waals surface area (Å²) in [6.07, 6.45) is 9.95. The SMILES string of the molecule is CCCCCCOc1ccc(-c2cnc(-c3ccc(OCC(F)CCCC)cc3)nc2)cc1. The largest absolute Gasteiger partial charge is 0.494 e. The van der Waals surface area contributed by atoms with Gasteiger partial charge in [-0.05, 0) is 54.8 Å². The van der Waals surface area contributed by atoms with Crippen LogP contribution in [0.25, 0.3) is 22.5 Å². The molecule has 1 unspecified atom stereocenters. The smallest absolute Gasteiger partial charge is 0.159 e. The Bertz CT molecular complexity index is 928. The third kappa shape index (κ3) is 8.16. The summed E-state index contributed by atoms with van der Waals surface area (Å²) in [6.45, 7) is 5.12. The molecule has 0 bridgehead atoms. The lowest BCUT2D eigenvalue weighted by molar-refractivity contribution is 0.184. The van der Waals surface area contributed by atoms with E-state index in [1.165, 1.54) is 19.3 Å². The minimum absolute atomic E-state index is 0.0905. The van der Waals surface area contributed by atoms with E-state index >= 15 is 0 Å². The Morgan fingerprint density at radius 3 is 1.94 bits per heavy atom. The number of nitrogens with zero attached hydrogens (tertiary/aromatic N) is 2. The molecule has 0 aliphatic rings. The van der Waals surface area contributed by atoms with E-state index in [9.17, 15) is 4.39 Å².